The van der Waals surface area contributed by atoms with Crippen molar-refractivity contribution in [2.45, 2.75) is 102 Å². The number of benzene rings is 2. The van der Waals surface area contributed by atoms with Crippen molar-refractivity contribution in [3.63, 3.8) is 0 Å². The van der Waals surface area contributed by atoms with E-state index >= 15 is 0 Å². The minimum atomic E-state index is -3.22. The molecule has 0 saturated carbocycles. The summed E-state index contributed by atoms with van der Waals surface area (Å²) in [5.41, 5.74) is 3.10. The number of aliphatic hydroxyl groups excluding tert-OH is 1. The average molecular weight is 542 g/mol. The van der Waals surface area contributed by atoms with Crippen LogP contribution in [0.3, 0.4) is 0 Å². The summed E-state index contributed by atoms with van der Waals surface area (Å²) in [6, 6.07) is 15.3. The van der Waals surface area contributed by atoms with Crippen molar-refractivity contribution in [1.82, 2.24) is 0 Å². The SMILES string of the molecule is CCCCCCCCCCCCCCCCS(=O)(=O)c1ccc(C=Cc2ccc(N(C)CCO)cc2)cc1. The van der Waals surface area contributed by atoms with E-state index in [4.69, 9.17) is 5.11 Å². The molecule has 2 aromatic carbocycles. The average Bonchev–Trinajstić information content (AvgIpc) is 2.92. The predicted octanol–water partition coefficient (Wildman–Crippen LogP) is 8.54. The summed E-state index contributed by atoms with van der Waals surface area (Å²) in [7, 11) is -1.27. The fraction of sp³-hybridized carbons (Fsp3) is 0.576. The fourth-order valence-electron chi connectivity index (χ4n) is 4.70. The number of hydrogen-bond donors (Lipinski definition) is 1. The number of rotatable bonds is 21. The number of hydrogen-bond acceptors (Lipinski definition) is 4. The molecule has 2 rings (SSSR count). The minimum absolute atomic E-state index is 0.128. The smallest absolute Gasteiger partial charge is 0.178 e. The lowest BCUT2D eigenvalue weighted by atomic mass is 10.0. The molecule has 0 radical (unpaired) electrons. The maximum atomic E-state index is 12.7. The number of aliphatic hydroxyl groups is 1. The largest absolute Gasteiger partial charge is 0.395 e. The Morgan fingerprint density at radius 1 is 0.658 bits per heavy atom. The van der Waals surface area contributed by atoms with Crippen molar-refractivity contribution in [1.29, 1.82) is 0 Å². The molecule has 212 valence electrons. The zero-order valence-electron chi connectivity index (χ0n) is 23.9. The van der Waals surface area contributed by atoms with Gasteiger partial charge in [0, 0.05) is 19.3 Å². The third kappa shape index (κ3) is 13.1. The highest BCUT2D eigenvalue weighted by Gasteiger charge is 2.13. The Balaban J connectivity index is 1.62. The molecule has 0 amide bonds. The van der Waals surface area contributed by atoms with Gasteiger partial charge in [0.05, 0.1) is 17.3 Å². The third-order valence-electron chi connectivity index (χ3n) is 7.24. The van der Waals surface area contributed by atoms with E-state index in [2.05, 4.69) is 6.92 Å². The van der Waals surface area contributed by atoms with Crippen molar-refractivity contribution >= 4 is 27.7 Å². The van der Waals surface area contributed by atoms with Crippen molar-refractivity contribution in [3.05, 3.63) is 59.7 Å². The van der Waals surface area contributed by atoms with E-state index in [1.165, 1.54) is 70.6 Å². The minimum Gasteiger partial charge on any atom is -0.395 e. The first-order valence-corrected chi connectivity index (χ1v) is 16.5. The van der Waals surface area contributed by atoms with Gasteiger partial charge in [-0.05, 0) is 41.8 Å². The summed E-state index contributed by atoms with van der Waals surface area (Å²) in [5.74, 6) is 0.233. The van der Waals surface area contributed by atoms with E-state index in [1.807, 2.05) is 60.5 Å². The van der Waals surface area contributed by atoms with Gasteiger partial charge in [-0.15, -0.1) is 0 Å². The van der Waals surface area contributed by atoms with Crippen LogP contribution in [0.1, 0.15) is 108 Å². The van der Waals surface area contributed by atoms with Crippen LogP contribution in [0, 0.1) is 0 Å². The molecule has 0 fully saturated rings. The highest BCUT2D eigenvalue weighted by Crippen LogP contribution is 2.19. The lowest BCUT2D eigenvalue weighted by Gasteiger charge is -2.17. The van der Waals surface area contributed by atoms with Gasteiger partial charge < -0.3 is 10.0 Å². The normalized spacial score (nSPS) is 11.9. The van der Waals surface area contributed by atoms with E-state index in [0.29, 0.717) is 11.4 Å². The second kappa shape index (κ2) is 19.0. The second-order valence-electron chi connectivity index (χ2n) is 10.6. The molecular formula is C33H51NO3S. The molecule has 5 heteroatoms. The molecule has 0 heterocycles. The molecule has 0 unspecified atom stereocenters. The van der Waals surface area contributed by atoms with Crippen LogP contribution >= 0.6 is 0 Å². The Labute approximate surface area is 233 Å². The quantitative estimate of drug-likeness (QED) is 0.127. The lowest BCUT2D eigenvalue weighted by Crippen LogP contribution is -2.20. The first kappa shape index (κ1) is 32.1. The second-order valence-corrected chi connectivity index (χ2v) is 12.7. The van der Waals surface area contributed by atoms with Crippen LogP contribution in [0.4, 0.5) is 5.69 Å². The summed E-state index contributed by atoms with van der Waals surface area (Å²) >= 11 is 0. The van der Waals surface area contributed by atoms with E-state index in [1.54, 1.807) is 12.1 Å². The van der Waals surface area contributed by atoms with Crippen LogP contribution in [0.5, 0.6) is 0 Å². The fourth-order valence-corrected chi connectivity index (χ4v) is 6.07. The first-order chi connectivity index (χ1) is 18.5. The molecule has 0 bridgehead atoms. The predicted molar refractivity (Wildman–Crippen MR) is 165 cm³/mol. The Morgan fingerprint density at radius 3 is 1.53 bits per heavy atom. The van der Waals surface area contributed by atoms with Gasteiger partial charge in [-0.1, -0.05) is 127 Å². The molecular weight excluding hydrogens is 490 g/mol. The Kier molecular flexibility index (Phi) is 16.1. The molecule has 0 atom stereocenters. The van der Waals surface area contributed by atoms with Crippen LogP contribution in [-0.2, 0) is 9.84 Å². The van der Waals surface area contributed by atoms with Crippen LogP contribution in [0.15, 0.2) is 53.4 Å². The number of anilines is 1. The lowest BCUT2D eigenvalue weighted by molar-refractivity contribution is 0.304. The molecule has 1 N–H and O–H groups in total. The molecule has 0 aliphatic rings. The summed E-state index contributed by atoms with van der Waals surface area (Å²) in [6.45, 7) is 2.99. The van der Waals surface area contributed by atoms with Gasteiger partial charge in [0.2, 0.25) is 0 Å². The maximum absolute atomic E-state index is 12.7. The number of likely N-dealkylation sites (N-methyl/N-ethyl adjacent to an activating group) is 1. The Hall–Kier alpha value is -2.11. The van der Waals surface area contributed by atoms with Crippen LogP contribution in [-0.4, -0.2) is 39.5 Å². The molecule has 4 nitrogen and oxygen atoms in total. The van der Waals surface area contributed by atoms with Gasteiger partial charge in [-0.25, -0.2) is 8.42 Å². The van der Waals surface area contributed by atoms with E-state index in [0.717, 1.165) is 36.1 Å². The van der Waals surface area contributed by atoms with E-state index in [9.17, 15) is 8.42 Å². The maximum Gasteiger partial charge on any atom is 0.178 e. The Bertz CT molecular complexity index is 998. The van der Waals surface area contributed by atoms with Crippen LogP contribution in [0.25, 0.3) is 12.2 Å². The van der Waals surface area contributed by atoms with Gasteiger partial charge in [0.1, 0.15) is 0 Å². The summed E-state index contributed by atoms with van der Waals surface area (Å²) < 4.78 is 25.5. The van der Waals surface area contributed by atoms with Gasteiger partial charge >= 0.3 is 0 Å². The van der Waals surface area contributed by atoms with Gasteiger partial charge in [0.15, 0.2) is 9.84 Å². The van der Waals surface area contributed by atoms with E-state index < -0.39 is 9.84 Å². The molecule has 38 heavy (non-hydrogen) atoms. The Morgan fingerprint density at radius 2 is 1.08 bits per heavy atom. The topological polar surface area (TPSA) is 57.6 Å². The first-order valence-electron chi connectivity index (χ1n) is 14.9. The zero-order chi connectivity index (χ0) is 27.5. The van der Waals surface area contributed by atoms with Crippen molar-refractivity contribution < 1.29 is 13.5 Å². The highest BCUT2D eigenvalue weighted by molar-refractivity contribution is 7.91. The molecule has 0 saturated heterocycles. The standard InChI is InChI=1S/C33H51NO3S/c1-3-4-5-6-7-8-9-10-11-12-13-14-15-16-29-38(36,37)33-25-21-31(22-26-33)18-17-30-19-23-32(24-20-30)34(2)27-28-35/h17-26,35H,3-16,27-29H2,1-2H3. The van der Waals surface area contributed by atoms with Crippen LogP contribution in [0.2, 0.25) is 0 Å². The van der Waals surface area contributed by atoms with Crippen LogP contribution < -0.4 is 4.90 Å². The van der Waals surface area contributed by atoms with Gasteiger partial charge in [-0.3, -0.25) is 0 Å². The summed E-state index contributed by atoms with van der Waals surface area (Å²) in [6.07, 6.45) is 21.7. The third-order valence-corrected chi connectivity index (χ3v) is 9.06. The van der Waals surface area contributed by atoms with E-state index in [-0.39, 0.29) is 12.4 Å². The van der Waals surface area contributed by atoms with Crippen molar-refractivity contribution in [3.8, 4) is 0 Å². The summed E-state index contributed by atoms with van der Waals surface area (Å²) in [5, 5.41) is 9.07. The number of unbranched alkanes of at least 4 members (excludes halogenated alkanes) is 13. The zero-order valence-corrected chi connectivity index (χ0v) is 24.7. The molecule has 0 aromatic heterocycles. The van der Waals surface area contributed by atoms with Crippen molar-refractivity contribution in [2.24, 2.45) is 0 Å². The van der Waals surface area contributed by atoms with Gasteiger partial charge in [0.25, 0.3) is 0 Å². The monoisotopic (exact) mass is 541 g/mol. The highest BCUT2D eigenvalue weighted by atomic mass is 32.2. The molecule has 0 aliphatic heterocycles. The summed E-state index contributed by atoms with van der Waals surface area (Å²) in [4.78, 5) is 2.42. The number of sulfone groups is 1. The van der Waals surface area contributed by atoms with Crippen molar-refractivity contribution in [2.75, 3.05) is 30.9 Å². The number of nitrogens with zero attached hydrogens (tertiary/aromatic N) is 1. The molecule has 2 aromatic rings. The van der Waals surface area contributed by atoms with Gasteiger partial charge in [-0.2, -0.15) is 0 Å². The molecule has 0 spiro atoms. The molecule has 0 aliphatic carbocycles.